The minimum atomic E-state index is -0.592. The van der Waals surface area contributed by atoms with Crippen molar-refractivity contribution < 1.29 is 14.4 Å². The van der Waals surface area contributed by atoms with Crippen LogP contribution in [0.25, 0.3) is 22.2 Å². The minimum Gasteiger partial charge on any atom is -0.359 e. The Balaban J connectivity index is 1.34. The van der Waals surface area contributed by atoms with E-state index in [0.29, 0.717) is 30.7 Å². The van der Waals surface area contributed by atoms with Gasteiger partial charge in [-0.2, -0.15) is 11.3 Å². The molecular weight excluding hydrogens is 436 g/mol. The van der Waals surface area contributed by atoms with Crippen molar-refractivity contribution in [3.8, 4) is 11.1 Å². The molecule has 1 fully saturated rings. The molecule has 0 aliphatic carbocycles. The number of nitrogens with zero attached hydrogens (tertiary/aromatic N) is 3. The lowest BCUT2D eigenvalue weighted by Gasteiger charge is -2.39. The third-order valence-electron chi connectivity index (χ3n) is 6.03. The Hall–Kier alpha value is -3.78. The average Bonchev–Trinajstić information content (AvgIpc) is 3.53. The van der Waals surface area contributed by atoms with Crippen LogP contribution in [0.2, 0.25) is 0 Å². The van der Waals surface area contributed by atoms with Crippen molar-refractivity contribution in [2.45, 2.75) is 13.0 Å². The summed E-state index contributed by atoms with van der Waals surface area (Å²) in [6.07, 6.45) is 3.22. The molecule has 3 aromatic heterocycles. The van der Waals surface area contributed by atoms with Crippen LogP contribution in [0.15, 0.2) is 65.6 Å². The number of H-pyrrole nitrogens is 1. The normalized spacial score (nSPS) is 16.2. The van der Waals surface area contributed by atoms with Gasteiger partial charge >= 0.3 is 0 Å². The van der Waals surface area contributed by atoms with Gasteiger partial charge in [-0.25, -0.2) is 0 Å². The van der Waals surface area contributed by atoms with E-state index in [0.717, 1.165) is 16.6 Å². The molecule has 1 aliphatic rings. The first-order valence-corrected chi connectivity index (χ1v) is 11.7. The van der Waals surface area contributed by atoms with Crippen molar-refractivity contribution >= 4 is 40.0 Å². The zero-order chi connectivity index (χ0) is 22.9. The second-order valence-corrected chi connectivity index (χ2v) is 8.87. The van der Waals surface area contributed by atoms with E-state index < -0.39 is 11.7 Å². The number of fused-ring (bicyclic) bond motifs is 1. The number of amides is 2. The second kappa shape index (κ2) is 8.63. The standard InChI is InChI=1S/C25H22N4O3S/c1-16-14-28(24(31)17-5-3-2-4-6-17)10-11-29(16)25(32)23(30)20-13-27-21-19(7-9-26-22(20)21)18-8-12-33-15-18/h2-9,12-13,15-16,27H,10-11,14H2,1H3/t16-/m1/s1. The molecule has 2 amide bonds. The molecule has 0 saturated carbocycles. The van der Waals surface area contributed by atoms with E-state index in [9.17, 15) is 14.4 Å². The molecule has 0 spiro atoms. The van der Waals surface area contributed by atoms with E-state index in [-0.39, 0.29) is 17.5 Å². The lowest BCUT2D eigenvalue weighted by atomic mass is 10.1. The smallest absolute Gasteiger partial charge is 0.295 e. The van der Waals surface area contributed by atoms with E-state index in [1.165, 1.54) is 0 Å². The molecule has 33 heavy (non-hydrogen) atoms. The van der Waals surface area contributed by atoms with E-state index in [4.69, 9.17) is 0 Å². The maximum atomic E-state index is 13.2. The second-order valence-electron chi connectivity index (χ2n) is 8.09. The first-order valence-electron chi connectivity index (χ1n) is 10.7. The highest BCUT2D eigenvalue weighted by Gasteiger charge is 2.34. The summed E-state index contributed by atoms with van der Waals surface area (Å²) in [6.45, 7) is 2.92. The molecule has 4 heterocycles. The topological polar surface area (TPSA) is 86.4 Å². The Morgan fingerprint density at radius 1 is 1.09 bits per heavy atom. The largest absolute Gasteiger partial charge is 0.359 e. The molecule has 1 atom stereocenters. The number of piperazine rings is 1. The number of Topliss-reactive ketones (excluding diaryl/α,β-unsaturated/α-hetero) is 1. The van der Waals surface area contributed by atoms with Crippen LogP contribution < -0.4 is 0 Å². The summed E-state index contributed by atoms with van der Waals surface area (Å²) in [4.78, 5) is 49.9. The van der Waals surface area contributed by atoms with Crippen LogP contribution in [-0.4, -0.2) is 63.0 Å². The monoisotopic (exact) mass is 458 g/mol. The van der Waals surface area contributed by atoms with Crippen LogP contribution in [-0.2, 0) is 4.79 Å². The Morgan fingerprint density at radius 2 is 1.91 bits per heavy atom. The third kappa shape index (κ3) is 3.82. The predicted molar refractivity (Wildman–Crippen MR) is 127 cm³/mol. The number of benzene rings is 1. The zero-order valence-corrected chi connectivity index (χ0v) is 18.8. The number of hydrogen-bond acceptors (Lipinski definition) is 5. The van der Waals surface area contributed by atoms with Crippen molar-refractivity contribution in [3.63, 3.8) is 0 Å². The first kappa shape index (κ1) is 21.1. The number of aromatic amines is 1. The van der Waals surface area contributed by atoms with Crippen molar-refractivity contribution in [3.05, 3.63) is 76.7 Å². The quantitative estimate of drug-likeness (QED) is 0.372. The van der Waals surface area contributed by atoms with Gasteiger partial charge in [-0.15, -0.1) is 0 Å². The number of rotatable bonds is 4. The number of hydrogen-bond donors (Lipinski definition) is 1. The summed E-state index contributed by atoms with van der Waals surface area (Å²) in [7, 11) is 0. The molecular formula is C25H22N4O3S. The predicted octanol–water partition coefficient (Wildman–Crippen LogP) is 3.85. The Labute approximate surface area is 194 Å². The molecule has 0 radical (unpaired) electrons. The third-order valence-corrected chi connectivity index (χ3v) is 6.72. The van der Waals surface area contributed by atoms with Gasteiger partial charge in [0.2, 0.25) is 0 Å². The summed E-state index contributed by atoms with van der Waals surface area (Å²) in [5.41, 5.74) is 4.08. The summed E-state index contributed by atoms with van der Waals surface area (Å²) in [5.74, 6) is -1.23. The lowest BCUT2D eigenvalue weighted by Crippen LogP contribution is -2.56. The fraction of sp³-hybridized carbons (Fsp3) is 0.200. The van der Waals surface area contributed by atoms with Crippen LogP contribution >= 0.6 is 11.3 Å². The van der Waals surface area contributed by atoms with E-state index in [2.05, 4.69) is 9.97 Å². The maximum absolute atomic E-state index is 13.2. The molecule has 1 aromatic carbocycles. The summed E-state index contributed by atoms with van der Waals surface area (Å²) in [5, 5.41) is 4.02. The first-order chi connectivity index (χ1) is 16.0. The number of carbonyl (C=O) groups excluding carboxylic acids is 3. The molecule has 8 heteroatoms. The molecule has 1 saturated heterocycles. The summed E-state index contributed by atoms with van der Waals surface area (Å²) < 4.78 is 0. The van der Waals surface area contributed by atoms with Gasteiger partial charge in [0.25, 0.3) is 17.6 Å². The van der Waals surface area contributed by atoms with Gasteiger partial charge in [0.05, 0.1) is 16.6 Å². The molecule has 5 rings (SSSR count). The molecule has 4 aromatic rings. The number of pyridine rings is 1. The van der Waals surface area contributed by atoms with Crippen LogP contribution in [0.1, 0.15) is 27.6 Å². The minimum absolute atomic E-state index is 0.0670. The van der Waals surface area contributed by atoms with Crippen LogP contribution in [0.3, 0.4) is 0 Å². The summed E-state index contributed by atoms with van der Waals surface area (Å²) >= 11 is 1.59. The highest BCUT2D eigenvalue weighted by Crippen LogP contribution is 2.30. The Kier molecular flexibility index (Phi) is 5.51. The number of ketones is 1. The van der Waals surface area contributed by atoms with E-state index in [1.54, 1.807) is 45.7 Å². The fourth-order valence-corrected chi connectivity index (χ4v) is 4.96. The molecule has 166 valence electrons. The van der Waals surface area contributed by atoms with E-state index >= 15 is 0 Å². The fourth-order valence-electron chi connectivity index (χ4n) is 4.31. The van der Waals surface area contributed by atoms with Crippen molar-refractivity contribution in [1.82, 2.24) is 19.8 Å². The van der Waals surface area contributed by atoms with Crippen LogP contribution in [0.5, 0.6) is 0 Å². The molecule has 1 aliphatic heterocycles. The van der Waals surface area contributed by atoms with Gasteiger partial charge in [0.1, 0.15) is 0 Å². The van der Waals surface area contributed by atoms with E-state index in [1.807, 2.05) is 48.0 Å². The van der Waals surface area contributed by atoms with Crippen LogP contribution in [0, 0.1) is 0 Å². The number of thiophene rings is 1. The van der Waals surface area contributed by atoms with Gasteiger partial charge in [-0.3, -0.25) is 19.4 Å². The summed E-state index contributed by atoms with van der Waals surface area (Å²) in [6, 6.07) is 12.7. The van der Waals surface area contributed by atoms with Crippen molar-refractivity contribution in [1.29, 1.82) is 0 Å². The van der Waals surface area contributed by atoms with Crippen molar-refractivity contribution in [2.24, 2.45) is 0 Å². The van der Waals surface area contributed by atoms with Gasteiger partial charge < -0.3 is 14.8 Å². The highest BCUT2D eigenvalue weighted by atomic mass is 32.1. The molecule has 1 N–H and O–H groups in total. The molecule has 0 unspecified atom stereocenters. The maximum Gasteiger partial charge on any atom is 0.295 e. The average molecular weight is 459 g/mol. The van der Waals surface area contributed by atoms with Crippen molar-refractivity contribution in [2.75, 3.05) is 19.6 Å². The van der Waals surface area contributed by atoms with Gasteiger partial charge in [-0.1, -0.05) is 18.2 Å². The number of nitrogens with one attached hydrogen (secondary N) is 1. The van der Waals surface area contributed by atoms with Crippen LogP contribution in [0.4, 0.5) is 0 Å². The number of aromatic nitrogens is 2. The number of carbonyl (C=O) groups is 3. The van der Waals surface area contributed by atoms with Gasteiger partial charge in [0, 0.05) is 49.2 Å². The van der Waals surface area contributed by atoms with Gasteiger partial charge in [-0.05, 0) is 47.5 Å². The van der Waals surface area contributed by atoms with Gasteiger partial charge in [0.15, 0.2) is 0 Å². The highest BCUT2D eigenvalue weighted by molar-refractivity contribution is 7.08. The molecule has 7 nitrogen and oxygen atoms in total. The zero-order valence-electron chi connectivity index (χ0n) is 18.0. The Morgan fingerprint density at radius 3 is 2.64 bits per heavy atom. The SMILES string of the molecule is C[C@@H]1CN(C(=O)c2ccccc2)CCN1C(=O)C(=O)c1c[nH]c2c(-c3ccsc3)ccnc12. The lowest BCUT2D eigenvalue weighted by molar-refractivity contribution is -0.130. The Bertz CT molecular complexity index is 1330. The molecule has 0 bridgehead atoms.